The summed E-state index contributed by atoms with van der Waals surface area (Å²) in [6, 6.07) is 0.848. The van der Waals surface area contributed by atoms with Crippen molar-refractivity contribution in [2.24, 2.45) is 0 Å². The lowest BCUT2D eigenvalue weighted by Gasteiger charge is -2.09. The minimum Gasteiger partial charge on any atom is -0.385 e. The number of hydrogen-bond acceptors (Lipinski definition) is 4. The van der Waals surface area contributed by atoms with Crippen LogP contribution in [-0.4, -0.2) is 30.2 Å². The lowest BCUT2D eigenvalue weighted by molar-refractivity contribution is -0.141. The number of halogens is 4. The van der Waals surface area contributed by atoms with Crippen molar-refractivity contribution in [3.63, 3.8) is 0 Å². The molecule has 0 fully saturated rings. The van der Waals surface area contributed by atoms with E-state index in [2.05, 4.69) is 15.3 Å². The summed E-state index contributed by atoms with van der Waals surface area (Å²) in [7, 11) is 1.62. The molecule has 1 aromatic heterocycles. The summed E-state index contributed by atoms with van der Waals surface area (Å²) in [4.78, 5) is 6.85. The maximum atomic E-state index is 12.5. The van der Waals surface area contributed by atoms with Crippen molar-refractivity contribution in [1.29, 1.82) is 0 Å². The first-order chi connectivity index (χ1) is 8.93. The second-order valence-corrected chi connectivity index (χ2v) is 4.22. The summed E-state index contributed by atoms with van der Waals surface area (Å²) in [5, 5.41) is 2.38. The van der Waals surface area contributed by atoms with E-state index >= 15 is 0 Å². The predicted molar refractivity (Wildman–Crippen MR) is 66.3 cm³/mol. The van der Waals surface area contributed by atoms with E-state index in [0.29, 0.717) is 13.2 Å². The van der Waals surface area contributed by atoms with Gasteiger partial charge >= 0.3 is 6.18 Å². The van der Waals surface area contributed by atoms with Crippen LogP contribution in [-0.2, 0) is 10.9 Å². The Hall–Kier alpha value is -1.08. The SMILES string of the molecule is COCCCCCNc1cc(C(F)(F)F)nc(Cl)n1. The van der Waals surface area contributed by atoms with Crippen molar-refractivity contribution >= 4 is 17.4 Å². The van der Waals surface area contributed by atoms with E-state index in [4.69, 9.17) is 16.3 Å². The first kappa shape index (κ1) is 16.0. The van der Waals surface area contributed by atoms with Crippen LogP contribution in [0.5, 0.6) is 0 Å². The smallest absolute Gasteiger partial charge is 0.385 e. The largest absolute Gasteiger partial charge is 0.433 e. The van der Waals surface area contributed by atoms with Gasteiger partial charge in [-0.25, -0.2) is 9.97 Å². The summed E-state index contributed by atoms with van der Waals surface area (Å²) < 4.78 is 42.3. The third kappa shape index (κ3) is 6.07. The zero-order valence-corrected chi connectivity index (χ0v) is 11.2. The van der Waals surface area contributed by atoms with Gasteiger partial charge in [0, 0.05) is 26.3 Å². The number of nitrogens with zero attached hydrogens (tertiary/aromatic N) is 2. The van der Waals surface area contributed by atoms with Crippen LogP contribution in [0.15, 0.2) is 6.07 Å². The van der Waals surface area contributed by atoms with E-state index in [1.54, 1.807) is 7.11 Å². The summed E-state index contributed by atoms with van der Waals surface area (Å²) >= 11 is 5.46. The van der Waals surface area contributed by atoms with Crippen LogP contribution in [0.1, 0.15) is 25.0 Å². The Morgan fingerprint density at radius 1 is 1.26 bits per heavy atom. The van der Waals surface area contributed by atoms with Gasteiger partial charge in [0.25, 0.3) is 0 Å². The van der Waals surface area contributed by atoms with Crippen LogP contribution >= 0.6 is 11.6 Å². The van der Waals surface area contributed by atoms with E-state index < -0.39 is 17.2 Å². The van der Waals surface area contributed by atoms with E-state index in [1.807, 2.05) is 0 Å². The highest BCUT2D eigenvalue weighted by Gasteiger charge is 2.33. The highest BCUT2D eigenvalue weighted by molar-refractivity contribution is 6.28. The van der Waals surface area contributed by atoms with Gasteiger partial charge in [-0.3, -0.25) is 0 Å². The summed E-state index contributed by atoms with van der Waals surface area (Å²) in [5.41, 5.74) is -1.05. The quantitative estimate of drug-likeness (QED) is 0.619. The van der Waals surface area contributed by atoms with Crippen molar-refractivity contribution < 1.29 is 17.9 Å². The van der Waals surface area contributed by atoms with Gasteiger partial charge in [0.15, 0.2) is 5.69 Å². The first-order valence-electron chi connectivity index (χ1n) is 5.78. The second kappa shape index (κ2) is 7.49. The lowest BCUT2D eigenvalue weighted by atomic mass is 10.2. The number of ether oxygens (including phenoxy) is 1. The molecule has 19 heavy (non-hydrogen) atoms. The number of rotatable bonds is 7. The zero-order valence-electron chi connectivity index (χ0n) is 10.4. The highest BCUT2D eigenvalue weighted by Crippen LogP contribution is 2.29. The molecule has 0 aromatic carbocycles. The molecule has 0 radical (unpaired) electrons. The molecule has 0 atom stereocenters. The van der Waals surface area contributed by atoms with Crippen LogP contribution < -0.4 is 5.32 Å². The third-order valence-corrected chi connectivity index (χ3v) is 2.49. The van der Waals surface area contributed by atoms with Gasteiger partial charge in [0.05, 0.1) is 0 Å². The number of hydrogen-bond donors (Lipinski definition) is 1. The number of aromatic nitrogens is 2. The highest BCUT2D eigenvalue weighted by atomic mass is 35.5. The molecule has 0 aliphatic rings. The van der Waals surface area contributed by atoms with E-state index in [1.165, 1.54) is 0 Å². The fourth-order valence-electron chi connectivity index (χ4n) is 1.42. The molecular formula is C11H15ClF3N3O. The topological polar surface area (TPSA) is 47.0 Å². The normalized spacial score (nSPS) is 11.6. The van der Waals surface area contributed by atoms with Crippen LogP contribution in [0.2, 0.25) is 5.28 Å². The molecule has 0 saturated carbocycles. The molecule has 1 rings (SSSR count). The van der Waals surface area contributed by atoms with E-state index in [9.17, 15) is 13.2 Å². The maximum Gasteiger partial charge on any atom is 0.433 e. The van der Waals surface area contributed by atoms with Gasteiger partial charge in [-0.05, 0) is 30.9 Å². The fourth-order valence-corrected chi connectivity index (χ4v) is 1.60. The molecule has 4 nitrogen and oxygen atoms in total. The molecule has 0 unspecified atom stereocenters. The molecule has 1 aromatic rings. The lowest BCUT2D eigenvalue weighted by Crippen LogP contribution is -2.11. The maximum absolute atomic E-state index is 12.5. The Labute approximate surface area is 114 Å². The van der Waals surface area contributed by atoms with Gasteiger partial charge in [-0.1, -0.05) is 0 Å². The van der Waals surface area contributed by atoms with Gasteiger partial charge < -0.3 is 10.1 Å². The molecule has 0 bridgehead atoms. The molecule has 108 valence electrons. The standard InChI is InChI=1S/C11H15ClF3N3O/c1-19-6-4-2-3-5-16-9-7-8(11(13,14)15)17-10(12)18-9/h7H,2-6H2,1H3,(H,16,17,18). The number of methoxy groups -OCH3 is 1. The molecular weight excluding hydrogens is 283 g/mol. The summed E-state index contributed by atoms with van der Waals surface area (Å²) in [6.07, 6.45) is -1.88. The zero-order chi connectivity index (χ0) is 14.3. The van der Waals surface area contributed by atoms with Crippen LogP contribution in [0, 0.1) is 0 Å². The Morgan fingerprint density at radius 2 is 2.00 bits per heavy atom. The van der Waals surface area contributed by atoms with Gasteiger partial charge in [-0.2, -0.15) is 13.2 Å². The first-order valence-corrected chi connectivity index (χ1v) is 6.16. The predicted octanol–water partition coefficient (Wildman–Crippen LogP) is 3.38. The van der Waals surface area contributed by atoms with Gasteiger partial charge in [0.1, 0.15) is 5.82 Å². The average molecular weight is 298 g/mol. The Morgan fingerprint density at radius 3 is 2.63 bits per heavy atom. The number of unbranched alkanes of at least 4 members (excludes halogenated alkanes) is 2. The third-order valence-electron chi connectivity index (χ3n) is 2.32. The molecule has 0 aliphatic carbocycles. The number of nitrogens with one attached hydrogen (secondary N) is 1. The monoisotopic (exact) mass is 297 g/mol. The molecule has 0 spiro atoms. The molecule has 0 amide bonds. The molecule has 8 heteroatoms. The van der Waals surface area contributed by atoms with Crippen molar-refractivity contribution in [1.82, 2.24) is 9.97 Å². The van der Waals surface area contributed by atoms with Gasteiger partial charge in [-0.15, -0.1) is 0 Å². The van der Waals surface area contributed by atoms with Crippen LogP contribution in [0.3, 0.4) is 0 Å². The van der Waals surface area contributed by atoms with Crippen molar-refractivity contribution in [3.05, 3.63) is 17.0 Å². The minimum absolute atomic E-state index is 0.0825. The molecule has 1 heterocycles. The minimum atomic E-state index is -4.53. The molecule has 0 saturated heterocycles. The fraction of sp³-hybridized carbons (Fsp3) is 0.636. The van der Waals surface area contributed by atoms with Crippen molar-refractivity contribution in [2.45, 2.75) is 25.4 Å². The number of anilines is 1. The van der Waals surface area contributed by atoms with Crippen molar-refractivity contribution in [3.8, 4) is 0 Å². The number of alkyl halides is 3. The average Bonchev–Trinajstić information content (AvgIpc) is 2.32. The molecule has 1 N–H and O–H groups in total. The molecule has 0 aliphatic heterocycles. The Balaban J connectivity index is 2.48. The summed E-state index contributed by atoms with van der Waals surface area (Å²) in [5.74, 6) is 0.0825. The summed E-state index contributed by atoms with van der Waals surface area (Å²) in [6.45, 7) is 1.20. The van der Waals surface area contributed by atoms with Crippen LogP contribution in [0.4, 0.5) is 19.0 Å². The van der Waals surface area contributed by atoms with Gasteiger partial charge in [0.2, 0.25) is 5.28 Å². The van der Waals surface area contributed by atoms with Crippen LogP contribution in [0.25, 0.3) is 0 Å². The Kier molecular flexibility index (Phi) is 6.30. The van der Waals surface area contributed by atoms with Crippen molar-refractivity contribution in [2.75, 3.05) is 25.6 Å². The van der Waals surface area contributed by atoms with E-state index in [0.717, 1.165) is 25.3 Å². The van der Waals surface area contributed by atoms with E-state index in [-0.39, 0.29) is 5.82 Å². The second-order valence-electron chi connectivity index (χ2n) is 3.89. The Bertz CT molecular complexity index is 401.